The van der Waals surface area contributed by atoms with E-state index in [1.165, 1.54) is 12.8 Å². The number of carbonyl (C=O) groups is 1. The number of hydrogen-bond acceptors (Lipinski definition) is 6. The van der Waals surface area contributed by atoms with Gasteiger partial charge in [0.05, 0.1) is 6.10 Å². The van der Waals surface area contributed by atoms with Crippen molar-refractivity contribution in [3.05, 3.63) is 60.2 Å². The Balaban J connectivity index is 1.27. The predicted octanol–water partition coefficient (Wildman–Crippen LogP) is 3.70. The van der Waals surface area contributed by atoms with Crippen LogP contribution in [-0.2, 0) is 17.8 Å². The number of amides is 1. The largest absolute Gasteiger partial charge is 0.490 e. The second-order valence-electron chi connectivity index (χ2n) is 7.16. The van der Waals surface area contributed by atoms with Gasteiger partial charge in [-0.2, -0.15) is 4.98 Å². The van der Waals surface area contributed by atoms with E-state index in [0.717, 1.165) is 29.7 Å². The standard InChI is InChI=1S/C22H24N4O3/c27-20(11-12-21-25-22(26-29-21)17-7-5-13-23-14-17)24-15-16-6-1-4-10-19(16)28-18-8-2-3-9-18/h1,4-7,10,13-14,18H,2-3,8-9,11-12,15H2,(H,24,27). The first kappa shape index (κ1) is 19.1. The molecule has 1 aromatic carbocycles. The Hall–Kier alpha value is -3.22. The van der Waals surface area contributed by atoms with Crippen molar-refractivity contribution in [1.82, 2.24) is 20.4 Å². The van der Waals surface area contributed by atoms with Crippen molar-refractivity contribution < 1.29 is 14.1 Å². The topological polar surface area (TPSA) is 90.1 Å². The van der Waals surface area contributed by atoms with E-state index >= 15 is 0 Å². The smallest absolute Gasteiger partial charge is 0.227 e. The number of hydrogen-bond donors (Lipinski definition) is 1. The molecule has 0 saturated heterocycles. The number of aryl methyl sites for hydroxylation is 1. The van der Waals surface area contributed by atoms with Gasteiger partial charge in [0, 0.05) is 42.9 Å². The minimum absolute atomic E-state index is 0.0678. The molecule has 0 radical (unpaired) electrons. The summed E-state index contributed by atoms with van der Waals surface area (Å²) in [5, 5.41) is 6.90. The number of ether oxygens (including phenoxy) is 1. The fourth-order valence-corrected chi connectivity index (χ4v) is 3.42. The molecule has 1 fully saturated rings. The SMILES string of the molecule is O=C(CCc1nc(-c2cccnc2)no1)NCc1ccccc1OC1CCCC1. The molecule has 3 aromatic rings. The Labute approximate surface area is 169 Å². The molecule has 2 aromatic heterocycles. The Bertz CT molecular complexity index is 936. The summed E-state index contributed by atoms with van der Waals surface area (Å²) < 4.78 is 11.4. The van der Waals surface area contributed by atoms with Crippen LogP contribution in [-0.4, -0.2) is 27.1 Å². The molecule has 150 valence electrons. The average Bonchev–Trinajstić information content (AvgIpc) is 3.44. The first-order valence-electron chi connectivity index (χ1n) is 10.0. The predicted molar refractivity (Wildman–Crippen MR) is 107 cm³/mol. The van der Waals surface area contributed by atoms with E-state index in [2.05, 4.69) is 20.4 Å². The maximum Gasteiger partial charge on any atom is 0.227 e. The normalized spacial score (nSPS) is 14.1. The number of pyridine rings is 1. The number of nitrogens with one attached hydrogen (secondary N) is 1. The lowest BCUT2D eigenvalue weighted by atomic mass is 10.2. The summed E-state index contributed by atoms with van der Waals surface area (Å²) in [6, 6.07) is 11.6. The van der Waals surface area contributed by atoms with Crippen molar-refractivity contribution in [2.45, 2.75) is 51.2 Å². The Morgan fingerprint density at radius 2 is 2.03 bits per heavy atom. The molecule has 0 bridgehead atoms. The molecular weight excluding hydrogens is 368 g/mol. The zero-order valence-electron chi connectivity index (χ0n) is 16.2. The van der Waals surface area contributed by atoms with Crippen LogP contribution >= 0.6 is 0 Å². The molecule has 1 aliphatic carbocycles. The summed E-state index contributed by atoms with van der Waals surface area (Å²) in [7, 11) is 0. The van der Waals surface area contributed by atoms with Crippen LogP contribution in [0.4, 0.5) is 0 Å². The molecule has 1 amide bonds. The number of aromatic nitrogens is 3. The van der Waals surface area contributed by atoms with Crippen molar-refractivity contribution in [1.29, 1.82) is 0 Å². The molecule has 0 spiro atoms. The molecule has 1 N–H and O–H groups in total. The number of carbonyl (C=O) groups excluding carboxylic acids is 1. The van der Waals surface area contributed by atoms with Gasteiger partial charge in [-0.3, -0.25) is 9.78 Å². The monoisotopic (exact) mass is 392 g/mol. The van der Waals surface area contributed by atoms with Gasteiger partial charge in [-0.25, -0.2) is 0 Å². The third-order valence-electron chi connectivity index (χ3n) is 5.00. The molecule has 2 heterocycles. The maximum atomic E-state index is 12.3. The zero-order chi connectivity index (χ0) is 19.9. The van der Waals surface area contributed by atoms with Crippen LogP contribution in [0.25, 0.3) is 11.4 Å². The van der Waals surface area contributed by atoms with Gasteiger partial charge in [0.1, 0.15) is 5.75 Å². The quantitative estimate of drug-likeness (QED) is 0.629. The molecule has 4 rings (SSSR count). The van der Waals surface area contributed by atoms with E-state index in [1.807, 2.05) is 36.4 Å². The van der Waals surface area contributed by atoms with Gasteiger partial charge < -0.3 is 14.6 Å². The fourth-order valence-electron chi connectivity index (χ4n) is 3.42. The van der Waals surface area contributed by atoms with Gasteiger partial charge in [-0.15, -0.1) is 0 Å². The lowest BCUT2D eigenvalue weighted by molar-refractivity contribution is -0.121. The minimum atomic E-state index is -0.0678. The lowest BCUT2D eigenvalue weighted by Gasteiger charge is -2.16. The maximum absolute atomic E-state index is 12.3. The summed E-state index contributed by atoms with van der Waals surface area (Å²) in [5.74, 6) is 1.70. The van der Waals surface area contributed by atoms with Crippen molar-refractivity contribution in [3.63, 3.8) is 0 Å². The summed E-state index contributed by atoms with van der Waals surface area (Å²) in [4.78, 5) is 20.6. The highest BCUT2D eigenvalue weighted by molar-refractivity contribution is 5.76. The van der Waals surface area contributed by atoms with Crippen LogP contribution in [0.1, 0.15) is 43.6 Å². The Morgan fingerprint density at radius 3 is 2.86 bits per heavy atom. The molecule has 1 aliphatic rings. The lowest BCUT2D eigenvalue weighted by Crippen LogP contribution is -2.24. The van der Waals surface area contributed by atoms with Gasteiger partial charge in [0.2, 0.25) is 17.6 Å². The van der Waals surface area contributed by atoms with Gasteiger partial charge in [-0.05, 0) is 43.9 Å². The van der Waals surface area contributed by atoms with E-state index in [4.69, 9.17) is 9.26 Å². The molecule has 0 aliphatic heterocycles. The fraction of sp³-hybridized carbons (Fsp3) is 0.364. The van der Waals surface area contributed by atoms with Crippen molar-refractivity contribution in [2.24, 2.45) is 0 Å². The Kier molecular flexibility index (Phi) is 6.14. The van der Waals surface area contributed by atoms with Crippen LogP contribution in [0.5, 0.6) is 5.75 Å². The highest BCUT2D eigenvalue weighted by Crippen LogP contribution is 2.26. The summed E-state index contributed by atoms with van der Waals surface area (Å²) >= 11 is 0. The molecular formula is C22H24N4O3. The average molecular weight is 392 g/mol. The second kappa shape index (κ2) is 9.32. The van der Waals surface area contributed by atoms with Crippen LogP contribution in [0.15, 0.2) is 53.3 Å². The first-order valence-corrected chi connectivity index (χ1v) is 10.0. The zero-order valence-corrected chi connectivity index (χ0v) is 16.2. The van der Waals surface area contributed by atoms with Crippen LogP contribution in [0, 0.1) is 0 Å². The summed E-state index contributed by atoms with van der Waals surface area (Å²) in [6.45, 7) is 0.437. The molecule has 29 heavy (non-hydrogen) atoms. The molecule has 0 unspecified atom stereocenters. The number of rotatable bonds is 8. The summed E-state index contributed by atoms with van der Waals surface area (Å²) in [6.07, 6.45) is 8.97. The van der Waals surface area contributed by atoms with Gasteiger partial charge in [-0.1, -0.05) is 23.4 Å². The number of benzene rings is 1. The van der Waals surface area contributed by atoms with Crippen LogP contribution in [0.3, 0.4) is 0 Å². The molecule has 7 heteroatoms. The van der Waals surface area contributed by atoms with Gasteiger partial charge in [0.25, 0.3) is 0 Å². The second-order valence-corrected chi connectivity index (χ2v) is 7.16. The molecule has 0 atom stereocenters. The van der Waals surface area contributed by atoms with Crippen molar-refractivity contribution in [2.75, 3.05) is 0 Å². The number of para-hydroxylation sites is 1. The summed E-state index contributed by atoms with van der Waals surface area (Å²) in [5.41, 5.74) is 1.77. The third-order valence-corrected chi connectivity index (χ3v) is 5.00. The third kappa shape index (κ3) is 5.19. The Morgan fingerprint density at radius 1 is 1.17 bits per heavy atom. The molecule has 7 nitrogen and oxygen atoms in total. The van der Waals surface area contributed by atoms with Crippen molar-refractivity contribution in [3.8, 4) is 17.1 Å². The van der Waals surface area contributed by atoms with Crippen LogP contribution in [0.2, 0.25) is 0 Å². The van der Waals surface area contributed by atoms with E-state index in [0.29, 0.717) is 30.8 Å². The van der Waals surface area contributed by atoms with Gasteiger partial charge >= 0.3 is 0 Å². The van der Waals surface area contributed by atoms with Crippen molar-refractivity contribution >= 4 is 5.91 Å². The van der Waals surface area contributed by atoms with Gasteiger partial charge in [0.15, 0.2) is 0 Å². The van der Waals surface area contributed by atoms with E-state index in [1.54, 1.807) is 12.4 Å². The van der Waals surface area contributed by atoms with E-state index in [9.17, 15) is 4.79 Å². The highest BCUT2D eigenvalue weighted by Gasteiger charge is 2.18. The highest BCUT2D eigenvalue weighted by atomic mass is 16.5. The number of nitrogens with zero attached hydrogens (tertiary/aromatic N) is 3. The van der Waals surface area contributed by atoms with E-state index < -0.39 is 0 Å². The minimum Gasteiger partial charge on any atom is -0.490 e. The first-order chi connectivity index (χ1) is 14.3. The van der Waals surface area contributed by atoms with Crippen LogP contribution < -0.4 is 10.1 Å². The molecule has 1 saturated carbocycles. The van der Waals surface area contributed by atoms with E-state index in [-0.39, 0.29) is 12.3 Å².